The summed E-state index contributed by atoms with van der Waals surface area (Å²) in [5.41, 5.74) is -1.47. The summed E-state index contributed by atoms with van der Waals surface area (Å²) in [6, 6.07) is 0. The van der Waals surface area contributed by atoms with Crippen molar-refractivity contribution in [3.8, 4) is 0 Å². The lowest BCUT2D eigenvalue weighted by molar-refractivity contribution is -0.166. The van der Waals surface area contributed by atoms with E-state index in [1.54, 1.807) is 0 Å². The zero-order valence-corrected chi connectivity index (χ0v) is 9.97. The van der Waals surface area contributed by atoms with Gasteiger partial charge < -0.3 is 9.47 Å². The van der Waals surface area contributed by atoms with Crippen LogP contribution in [-0.2, 0) is 9.47 Å². The van der Waals surface area contributed by atoms with E-state index in [1.807, 2.05) is 0 Å². The third-order valence-corrected chi connectivity index (χ3v) is 3.35. The summed E-state index contributed by atoms with van der Waals surface area (Å²) in [6.07, 6.45) is -7.39. The van der Waals surface area contributed by atoms with Gasteiger partial charge in [0.05, 0.1) is 12.0 Å². The number of hydrogen-bond acceptors (Lipinski definition) is 4. The highest BCUT2D eigenvalue weighted by Crippen LogP contribution is 2.62. The molecule has 0 bridgehead atoms. The van der Waals surface area contributed by atoms with Gasteiger partial charge >= 0.3 is 12.3 Å². The van der Waals surface area contributed by atoms with Crippen molar-refractivity contribution in [3.63, 3.8) is 0 Å². The van der Waals surface area contributed by atoms with Gasteiger partial charge in [0.25, 0.3) is 5.92 Å². The third kappa shape index (κ3) is 2.75. The number of rotatable bonds is 2. The number of nitrogens with zero attached hydrogens (tertiary/aromatic N) is 1. The third-order valence-electron chi connectivity index (χ3n) is 3.35. The fourth-order valence-electron chi connectivity index (χ4n) is 2.42. The standard InChI is InChI=1S/C10H12F5NO3/c1-16-3-8(9(11,12)4-16)2-6(8)19-7(17)18-5-10(13,14)15/h6H,2-5H2,1H3. The molecule has 0 aromatic rings. The molecule has 0 aromatic heterocycles. The van der Waals surface area contributed by atoms with Crippen LogP contribution in [0.25, 0.3) is 0 Å². The average Bonchev–Trinajstić information content (AvgIpc) is 2.81. The van der Waals surface area contributed by atoms with Crippen LogP contribution in [0.5, 0.6) is 0 Å². The van der Waals surface area contributed by atoms with E-state index in [-0.39, 0.29) is 13.0 Å². The molecule has 1 saturated heterocycles. The second kappa shape index (κ2) is 4.19. The van der Waals surface area contributed by atoms with E-state index < -0.39 is 42.9 Å². The highest BCUT2D eigenvalue weighted by molar-refractivity contribution is 5.61. The molecular formula is C10H12F5NO3. The van der Waals surface area contributed by atoms with Crippen LogP contribution in [0.3, 0.4) is 0 Å². The maximum Gasteiger partial charge on any atom is 0.508 e. The van der Waals surface area contributed by atoms with Gasteiger partial charge in [0, 0.05) is 13.0 Å². The predicted molar refractivity (Wildman–Crippen MR) is 51.8 cm³/mol. The van der Waals surface area contributed by atoms with Crippen molar-refractivity contribution in [1.82, 2.24) is 4.90 Å². The quantitative estimate of drug-likeness (QED) is 0.576. The molecule has 2 unspecified atom stereocenters. The molecule has 0 aromatic carbocycles. The second-order valence-corrected chi connectivity index (χ2v) is 5.00. The van der Waals surface area contributed by atoms with Gasteiger partial charge in [-0.05, 0) is 7.05 Å². The smallest absolute Gasteiger partial charge is 0.430 e. The lowest BCUT2D eigenvalue weighted by Crippen LogP contribution is -2.32. The second-order valence-electron chi connectivity index (χ2n) is 5.00. The van der Waals surface area contributed by atoms with Crippen molar-refractivity contribution in [2.75, 3.05) is 26.7 Å². The zero-order chi connectivity index (χ0) is 14.5. The Morgan fingerprint density at radius 1 is 1.37 bits per heavy atom. The number of carbonyl (C=O) groups excluding carboxylic acids is 1. The zero-order valence-electron chi connectivity index (χ0n) is 9.97. The average molecular weight is 289 g/mol. The lowest BCUT2D eigenvalue weighted by atomic mass is 10.0. The van der Waals surface area contributed by atoms with Gasteiger partial charge in [0.15, 0.2) is 6.61 Å². The molecule has 19 heavy (non-hydrogen) atoms. The van der Waals surface area contributed by atoms with Crippen molar-refractivity contribution in [3.05, 3.63) is 0 Å². The number of alkyl halides is 5. The van der Waals surface area contributed by atoms with Crippen LogP contribution >= 0.6 is 0 Å². The minimum absolute atomic E-state index is 0.0389. The molecule has 1 aliphatic heterocycles. The molecule has 9 heteroatoms. The molecule has 0 amide bonds. The fourth-order valence-corrected chi connectivity index (χ4v) is 2.42. The summed E-state index contributed by atoms with van der Waals surface area (Å²) in [5, 5.41) is 0. The van der Waals surface area contributed by atoms with Crippen molar-refractivity contribution in [1.29, 1.82) is 0 Å². The maximum atomic E-state index is 13.7. The fraction of sp³-hybridized carbons (Fsp3) is 0.900. The topological polar surface area (TPSA) is 38.8 Å². The van der Waals surface area contributed by atoms with Crippen LogP contribution in [0.4, 0.5) is 26.7 Å². The number of halogens is 5. The minimum Gasteiger partial charge on any atom is -0.430 e. The molecule has 2 aliphatic rings. The molecule has 2 atom stereocenters. The lowest BCUT2D eigenvalue weighted by Gasteiger charge is -2.17. The van der Waals surface area contributed by atoms with Crippen LogP contribution < -0.4 is 0 Å². The minimum atomic E-state index is -4.67. The first-order valence-corrected chi connectivity index (χ1v) is 5.52. The van der Waals surface area contributed by atoms with Crippen LogP contribution in [0.15, 0.2) is 0 Å². The van der Waals surface area contributed by atoms with E-state index >= 15 is 0 Å². The SMILES string of the molecule is CN1CC(F)(F)C2(CC2OC(=O)OCC(F)(F)F)C1. The van der Waals surface area contributed by atoms with Gasteiger partial charge in [0.2, 0.25) is 0 Å². The van der Waals surface area contributed by atoms with Gasteiger partial charge in [0.1, 0.15) is 6.10 Å². The first-order valence-electron chi connectivity index (χ1n) is 5.52. The van der Waals surface area contributed by atoms with Crippen molar-refractivity contribution in [2.24, 2.45) is 5.41 Å². The van der Waals surface area contributed by atoms with Crippen LogP contribution in [-0.4, -0.2) is 56.0 Å². The Labute approximate surface area is 105 Å². The number of likely N-dealkylation sites (tertiary alicyclic amines) is 1. The van der Waals surface area contributed by atoms with Gasteiger partial charge in [-0.15, -0.1) is 0 Å². The summed E-state index contributed by atoms with van der Waals surface area (Å²) >= 11 is 0. The first-order chi connectivity index (χ1) is 8.56. The van der Waals surface area contributed by atoms with Gasteiger partial charge in [-0.1, -0.05) is 0 Å². The molecular weight excluding hydrogens is 277 g/mol. The molecule has 0 radical (unpaired) electrons. The van der Waals surface area contributed by atoms with E-state index in [0.29, 0.717) is 0 Å². The van der Waals surface area contributed by atoms with E-state index in [9.17, 15) is 26.7 Å². The molecule has 1 heterocycles. The number of ether oxygens (including phenoxy) is 2. The van der Waals surface area contributed by atoms with Crippen molar-refractivity contribution >= 4 is 6.16 Å². The summed E-state index contributed by atoms with van der Waals surface area (Å²) in [5.74, 6) is -3.02. The summed E-state index contributed by atoms with van der Waals surface area (Å²) in [4.78, 5) is 12.4. The summed E-state index contributed by atoms with van der Waals surface area (Å²) in [6.45, 7) is -2.20. The van der Waals surface area contributed by atoms with Crippen molar-refractivity contribution in [2.45, 2.75) is 24.6 Å². The molecule has 2 rings (SSSR count). The Balaban J connectivity index is 1.85. The Kier molecular flexibility index (Phi) is 3.15. The predicted octanol–water partition coefficient (Wildman–Crippen LogP) is 2.04. The van der Waals surface area contributed by atoms with Gasteiger partial charge in [-0.25, -0.2) is 13.6 Å². The highest BCUT2D eigenvalue weighted by atomic mass is 19.4. The van der Waals surface area contributed by atoms with E-state index in [1.165, 1.54) is 11.9 Å². The number of carbonyl (C=O) groups is 1. The Bertz CT molecular complexity index is 386. The largest absolute Gasteiger partial charge is 0.508 e. The monoisotopic (exact) mass is 289 g/mol. The summed E-state index contributed by atoms with van der Waals surface area (Å²) in [7, 11) is 1.50. The Morgan fingerprint density at radius 2 is 2.00 bits per heavy atom. The van der Waals surface area contributed by atoms with Gasteiger partial charge in [-0.3, -0.25) is 4.90 Å². The van der Waals surface area contributed by atoms with Crippen molar-refractivity contribution < 1.29 is 36.2 Å². The molecule has 4 nitrogen and oxygen atoms in total. The first kappa shape index (κ1) is 14.3. The van der Waals surface area contributed by atoms with E-state index in [2.05, 4.69) is 9.47 Å². The molecule has 2 fully saturated rings. The van der Waals surface area contributed by atoms with Crippen LogP contribution in [0.1, 0.15) is 6.42 Å². The Hall–Kier alpha value is -1.12. The molecule has 110 valence electrons. The van der Waals surface area contributed by atoms with E-state index in [0.717, 1.165) is 0 Å². The molecule has 1 spiro atoms. The normalized spacial score (nSPS) is 33.5. The summed E-state index contributed by atoms with van der Waals surface area (Å²) < 4.78 is 71.0. The highest BCUT2D eigenvalue weighted by Gasteiger charge is 2.75. The van der Waals surface area contributed by atoms with Gasteiger partial charge in [-0.2, -0.15) is 13.2 Å². The molecule has 1 aliphatic carbocycles. The van der Waals surface area contributed by atoms with Crippen LogP contribution in [0, 0.1) is 5.41 Å². The van der Waals surface area contributed by atoms with E-state index in [4.69, 9.17) is 0 Å². The molecule has 0 N–H and O–H groups in total. The Morgan fingerprint density at radius 3 is 2.47 bits per heavy atom. The molecule has 1 saturated carbocycles. The number of hydrogen-bond donors (Lipinski definition) is 0. The maximum absolute atomic E-state index is 13.7. The van der Waals surface area contributed by atoms with Crippen LogP contribution in [0.2, 0.25) is 0 Å².